The smallest absolute Gasteiger partial charge is 0.407 e. The Labute approximate surface area is 153 Å². The summed E-state index contributed by atoms with van der Waals surface area (Å²) in [6.45, 7) is 7.61. The lowest BCUT2D eigenvalue weighted by Gasteiger charge is -2.24. The summed E-state index contributed by atoms with van der Waals surface area (Å²) in [6.07, 6.45) is 2.50. The summed E-state index contributed by atoms with van der Waals surface area (Å²) in [5, 5.41) is 9.62. The first-order valence-corrected chi connectivity index (χ1v) is 8.61. The van der Waals surface area contributed by atoms with Crippen molar-refractivity contribution >= 4 is 12.0 Å². The lowest BCUT2D eigenvalue weighted by atomic mass is 10.0. The van der Waals surface area contributed by atoms with Gasteiger partial charge >= 0.3 is 6.09 Å². The van der Waals surface area contributed by atoms with E-state index in [1.807, 2.05) is 45.0 Å². The second-order valence-corrected chi connectivity index (χ2v) is 6.25. The third kappa shape index (κ3) is 5.05. The number of ether oxygens (including phenoxy) is 1. The Morgan fingerprint density at radius 3 is 2.38 bits per heavy atom. The fraction of sp³-hybridized carbons (Fsp3) is 0.444. The van der Waals surface area contributed by atoms with Crippen molar-refractivity contribution < 1.29 is 14.3 Å². The highest BCUT2D eigenvalue weighted by Crippen LogP contribution is 2.16. The summed E-state index contributed by atoms with van der Waals surface area (Å²) >= 11 is 0. The summed E-state index contributed by atoms with van der Waals surface area (Å²) in [5.41, 5.74) is 1.83. The fourth-order valence-electron chi connectivity index (χ4n) is 2.48. The number of nitrogens with one attached hydrogen (secondary N) is 2. The number of aromatic nitrogens is 3. The molecule has 8 heteroatoms. The van der Waals surface area contributed by atoms with Gasteiger partial charge < -0.3 is 15.4 Å². The van der Waals surface area contributed by atoms with Crippen LogP contribution in [0.2, 0.25) is 0 Å². The molecule has 1 heterocycles. The molecule has 26 heavy (non-hydrogen) atoms. The van der Waals surface area contributed by atoms with Crippen LogP contribution in [0.5, 0.6) is 0 Å². The Morgan fingerprint density at radius 2 is 1.85 bits per heavy atom. The summed E-state index contributed by atoms with van der Waals surface area (Å²) in [7, 11) is 0. The predicted molar refractivity (Wildman–Crippen MR) is 96.7 cm³/mol. The summed E-state index contributed by atoms with van der Waals surface area (Å²) in [5.74, 6) is -0.317. The molecule has 2 N–H and O–H groups in total. The first-order chi connectivity index (χ1) is 12.4. The lowest BCUT2D eigenvalue weighted by Crippen LogP contribution is -2.50. The van der Waals surface area contributed by atoms with Crippen molar-refractivity contribution in [2.45, 2.75) is 39.8 Å². The van der Waals surface area contributed by atoms with E-state index in [-0.39, 0.29) is 24.5 Å². The second kappa shape index (κ2) is 8.98. The molecule has 2 amide bonds. The molecule has 1 aromatic carbocycles. The van der Waals surface area contributed by atoms with Gasteiger partial charge in [-0.3, -0.25) is 4.79 Å². The van der Waals surface area contributed by atoms with Gasteiger partial charge in [0.15, 0.2) is 0 Å². The molecular weight excluding hydrogens is 334 g/mol. The summed E-state index contributed by atoms with van der Waals surface area (Å²) in [4.78, 5) is 28.1. The SMILES string of the molecule is CCOC(=O)N[C@H](C(=O)N[C@@H](C)c1ccc(-n2cncn2)cc1)C(C)C. The van der Waals surface area contributed by atoms with Crippen LogP contribution < -0.4 is 10.6 Å². The van der Waals surface area contributed by atoms with Crippen molar-refractivity contribution in [2.24, 2.45) is 5.92 Å². The molecule has 0 aliphatic carbocycles. The van der Waals surface area contributed by atoms with E-state index >= 15 is 0 Å². The number of amides is 2. The normalized spacial score (nSPS) is 13.1. The van der Waals surface area contributed by atoms with E-state index < -0.39 is 12.1 Å². The number of alkyl carbamates (subject to hydrolysis) is 1. The molecule has 2 rings (SSSR count). The van der Waals surface area contributed by atoms with Gasteiger partial charge in [-0.05, 0) is 37.5 Å². The highest BCUT2D eigenvalue weighted by molar-refractivity contribution is 5.86. The molecule has 0 saturated carbocycles. The highest BCUT2D eigenvalue weighted by atomic mass is 16.5. The van der Waals surface area contributed by atoms with Crippen LogP contribution in [-0.4, -0.2) is 39.4 Å². The molecular formula is C18H25N5O3. The minimum Gasteiger partial charge on any atom is -0.450 e. The van der Waals surface area contributed by atoms with Crippen LogP contribution >= 0.6 is 0 Å². The number of hydrogen-bond donors (Lipinski definition) is 2. The van der Waals surface area contributed by atoms with Crippen LogP contribution in [0.15, 0.2) is 36.9 Å². The van der Waals surface area contributed by atoms with Crippen LogP contribution in [0.1, 0.15) is 39.3 Å². The van der Waals surface area contributed by atoms with Gasteiger partial charge in [0, 0.05) is 0 Å². The maximum Gasteiger partial charge on any atom is 0.407 e. The van der Waals surface area contributed by atoms with E-state index in [1.54, 1.807) is 17.9 Å². The molecule has 0 saturated heterocycles. The number of rotatable bonds is 7. The molecule has 8 nitrogen and oxygen atoms in total. The molecule has 0 unspecified atom stereocenters. The summed E-state index contributed by atoms with van der Waals surface area (Å²) in [6, 6.07) is 6.78. The van der Waals surface area contributed by atoms with Gasteiger partial charge in [0.1, 0.15) is 18.7 Å². The fourth-order valence-corrected chi connectivity index (χ4v) is 2.48. The number of nitrogens with zero attached hydrogens (tertiary/aromatic N) is 3. The Balaban J connectivity index is 2.01. The van der Waals surface area contributed by atoms with E-state index in [4.69, 9.17) is 4.74 Å². The standard InChI is InChI=1S/C18H25N5O3/c1-5-26-18(25)22-16(12(2)3)17(24)21-13(4)14-6-8-15(9-7-14)23-11-19-10-20-23/h6-13,16H,5H2,1-4H3,(H,21,24)(H,22,25)/t13-,16-/m0/s1. The first kappa shape index (κ1) is 19.4. The second-order valence-electron chi connectivity index (χ2n) is 6.25. The van der Waals surface area contributed by atoms with Crippen LogP contribution in [0, 0.1) is 5.92 Å². The van der Waals surface area contributed by atoms with Crippen LogP contribution in [0.4, 0.5) is 4.79 Å². The third-order valence-electron chi connectivity index (χ3n) is 3.93. The summed E-state index contributed by atoms with van der Waals surface area (Å²) < 4.78 is 6.53. The largest absolute Gasteiger partial charge is 0.450 e. The average Bonchev–Trinajstić information content (AvgIpc) is 3.14. The zero-order chi connectivity index (χ0) is 19.1. The van der Waals surface area contributed by atoms with Crippen molar-refractivity contribution in [2.75, 3.05) is 6.61 Å². The van der Waals surface area contributed by atoms with Crippen molar-refractivity contribution in [3.63, 3.8) is 0 Å². The van der Waals surface area contributed by atoms with E-state index in [0.29, 0.717) is 0 Å². The van der Waals surface area contributed by atoms with Gasteiger partial charge in [-0.2, -0.15) is 5.10 Å². The molecule has 0 bridgehead atoms. The van der Waals surface area contributed by atoms with Crippen LogP contribution in [0.3, 0.4) is 0 Å². The van der Waals surface area contributed by atoms with Gasteiger partial charge in [0.25, 0.3) is 0 Å². The minimum atomic E-state index is -0.661. The number of carbonyl (C=O) groups is 2. The number of hydrogen-bond acceptors (Lipinski definition) is 5. The third-order valence-corrected chi connectivity index (χ3v) is 3.93. The number of carbonyl (C=O) groups excluding carboxylic acids is 2. The molecule has 140 valence electrons. The van der Waals surface area contributed by atoms with Crippen molar-refractivity contribution in [3.05, 3.63) is 42.5 Å². The van der Waals surface area contributed by atoms with Crippen molar-refractivity contribution in [1.82, 2.24) is 25.4 Å². The molecule has 0 aliphatic heterocycles. The maximum atomic E-state index is 12.6. The Kier molecular flexibility index (Phi) is 6.71. The van der Waals surface area contributed by atoms with Crippen LogP contribution in [-0.2, 0) is 9.53 Å². The molecule has 1 aromatic heterocycles. The van der Waals surface area contributed by atoms with Crippen molar-refractivity contribution in [3.8, 4) is 5.69 Å². The van der Waals surface area contributed by atoms with Crippen LogP contribution in [0.25, 0.3) is 5.69 Å². The quantitative estimate of drug-likeness (QED) is 0.790. The lowest BCUT2D eigenvalue weighted by molar-refractivity contribution is -0.124. The maximum absolute atomic E-state index is 12.6. The molecule has 0 radical (unpaired) electrons. The van der Waals surface area contributed by atoms with Gasteiger partial charge in [-0.25, -0.2) is 14.5 Å². The molecule has 0 spiro atoms. The minimum absolute atomic E-state index is 0.0682. The van der Waals surface area contributed by atoms with Gasteiger partial charge in [-0.1, -0.05) is 26.0 Å². The molecule has 2 aromatic rings. The zero-order valence-electron chi connectivity index (χ0n) is 15.5. The van der Waals surface area contributed by atoms with E-state index in [1.165, 1.54) is 6.33 Å². The number of benzene rings is 1. The molecule has 2 atom stereocenters. The monoisotopic (exact) mass is 359 g/mol. The molecule has 0 aliphatic rings. The average molecular weight is 359 g/mol. The zero-order valence-corrected chi connectivity index (χ0v) is 15.5. The Bertz CT molecular complexity index is 713. The molecule has 0 fully saturated rings. The van der Waals surface area contributed by atoms with Gasteiger partial charge in [0.05, 0.1) is 18.3 Å². The van der Waals surface area contributed by atoms with Gasteiger partial charge in [0.2, 0.25) is 5.91 Å². The van der Waals surface area contributed by atoms with E-state index in [0.717, 1.165) is 11.3 Å². The first-order valence-electron chi connectivity index (χ1n) is 8.61. The highest BCUT2D eigenvalue weighted by Gasteiger charge is 2.26. The van der Waals surface area contributed by atoms with E-state index in [2.05, 4.69) is 20.7 Å². The van der Waals surface area contributed by atoms with E-state index in [9.17, 15) is 9.59 Å². The Morgan fingerprint density at radius 1 is 1.15 bits per heavy atom. The van der Waals surface area contributed by atoms with Gasteiger partial charge in [-0.15, -0.1) is 0 Å². The Hall–Kier alpha value is -2.90. The predicted octanol–water partition coefficient (Wildman–Crippen LogP) is 2.22. The van der Waals surface area contributed by atoms with Crippen molar-refractivity contribution in [1.29, 1.82) is 0 Å². The topological polar surface area (TPSA) is 98.1 Å².